The number of ether oxygens (including phenoxy) is 2. The van der Waals surface area contributed by atoms with Crippen LogP contribution in [0, 0.1) is 6.92 Å². The van der Waals surface area contributed by atoms with Gasteiger partial charge in [0.1, 0.15) is 18.1 Å². The maximum absolute atomic E-state index is 13.5. The minimum atomic E-state index is -0.395. The lowest BCUT2D eigenvalue weighted by Gasteiger charge is -2.14. The highest BCUT2D eigenvalue weighted by atomic mass is 16.6. The monoisotopic (exact) mass is 468 g/mol. The van der Waals surface area contributed by atoms with E-state index in [2.05, 4.69) is 5.32 Å². The molecule has 176 valence electrons. The quantitative estimate of drug-likeness (QED) is 0.427. The first-order valence-electron chi connectivity index (χ1n) is 11.2. The number of carbonyl (C=O) groups is 2. The summed E-state index contributed by atoms with van der Waals surface area (Å²) < 4.78 is 12.1. The number of methoxy groups -OCH3 is 1. The SMILES string of the molecule is COc1cccc(-c2nn(-c3ccc(C)cc3)cc2C(=O)Nc2cccc(N3CCOC3=O)c2)c1. The maximum Gasteiger partial charge on any atom is 0.414 e. The van der Waals surface area contributed by atoms with E-state index in [0.717, 1.165) is 16.8 Å². The Balaban J connectivity index is 1.50. The molecule has 0 spiro atoms. The lowest BCUT2D eigenvalue weighted by Crippen LogP contribution is -2.23. The third-order valence-electron chi connectivity index (χ3n) is 5.78. The van der Waals surface area contributed by atoms with Gasteiger partial charge in [0.25, 0.3) is 5.91 Å². The molecule has 5 rings (SSSR count). The number of hydrogen-bond acceptors (Lipinski definition) is 5. The van der Waals surface area contributed by atoms with Gasteiger partial charge in [-0.25, -0.2) is 9.48 Å². The fourth-order valence-electron chi connectivity index (χ4n) is 3.93. The minimum Gasteiger partial charge on any atom is -0.497 e. The standard InChI is InChI=1S/C27H24N4O4/c1-18-9-11-21(12-10-18)31-17-24(25(29-31)19-5-3-8-23(15-19)34-2)26(32)28-20-6-4-7-22(16-20)30-13-14-35-27(30)33/h3-12,15-17H,13-14H2,1-2H3,(H,28,32). The van der Waals surface area contributed by atoms with E-state index >= 15 is 0 Å². The number of aryl methyl sites for hydroxylation is 1. The minimum absolute atomic E-state index is 0.317. The van der Waals surface area contributed by atoms with Gasteiger partial charge in [0.15, 0.2) is 0 Å². The van der Waals surface area contributed by atoms with E-state index in [1.54, 1.807) is 42.3 Å². The number of rotatable bonds is 6. The summed E-state index contributed by atoms with van der Waals surface area (Å²) >= 11 is 0. The lowest BCUT2D eigenvalue weighted by molar-refractivity contribution is 0.102. The van der Waals surface area contributed by atoms with Crippen molar-refractivity contribution in [2.75, 3.05) is 30.5 Å². The molecule has 8 nitrogen and oxygen atoms in total. The van der Waals surface area contributed by atoms with Crippen LogP contribution >= 0.6 is 0 Å². The Morgan fingerprint density at radius 2 is 1.83 bits per heavy atom. The number of cyclic esters (lactones) is 1. The summed E-state index contributed by atoms with van der Waals surface area (Å²) in [7, 11) is 1.60. The number of benzene rings is 3. The van der Waals surface area contributed by atoms with Crippen molar-refractivity contribution in [3.63, 3.8) is 0 Å². The van der Waals surface area contributed by atoms with E-state index in [1.165, 1.54) is 4.90 Å². The van der Waals surface area contributed by atoms with Crippen LogP contribution in [0.15, 0.2) is 79.0 Å². The molecule has 0 unspecified atom stereocenters. The summed E-state index contributed by atoms with van der Waals surface area (Å²) in [6.07, 6.45) is 1.32. The van der Waals surface area contributed by atoms with Gasteiger partial charge in [0.2, 0.25) is 0 Å². The molecule has 8 heteroatoms. The largest absolute Gasteiger partial charge is 0.497 e. The summed E-state index contributed by atoms with van der Waals surface area (Å²) in [4.78, 5) is 26.9. The fourth-order valence-corrected chi connectivity index (χ4v) is 3.93. The fraction of sp³-hybridized carbons (Fsp3) is 0.148. The van der Waals surface area contributed by atoms with Crippen LogP contribution in [0.4, 0.5) is 16.2 Å². The molecule has 1 saturated heterocycles. The van der Waals surface area contributed by atoms with Crippen LogP contribution in [0.1, 0.15) is 15.9 Å². The van der Waals surface area contributed by atoms with E-state index in [-0.39, 0.29) is 5.91 Å². The molecule has 1 fully saturated rings. The molecule has 35 heavy (non-hydrogen) atoms. The topological polar surface area (TPSA) is 85.7 Å². The molecule has 2 amide bonds. The Morgan fingerprint density at radius 3 is 2.57 bits per heavy atom. The van der Waals surface area contributed by atoms with Crippen molar-refractivity contribution in [2.45, 2.75) is 6.92 Å². The van der Waals surface area contributed by atoms with Crippen LogP contribution in [0.3, 0.4) is 0 Å². The van der Waals surface area contributed by atoms with Crippen LogP contribution in [0.25, 0.3) is 16.9 Å². The third kappa shape index (κ3) is 4.59. The van der Waals surface area contributed by atoms with E-state index in [1.807, 2.05) is 55.5 Å². The molecule has 1 aliphatic heterocycles. The second-order valence-corrected chi connectivity index (χ2v) is 8.17. The Bertz CT molecular complexity index is 1390. The molecule has 0 bridgehead atoms. The predicted octanol–water partition coefficient (Wildman–Crippen LogP) is 5.07. The summed E-state index contributed by atoms with van der Waals surface area (Å²) in [6.45, 7) is 2.83. The number of anilines is 2. The van der Waals surface area contributed by atoms with Crippen molar-refractivity contribution in [3.8, 4) is 22.7 Å². The molecule has 0 radical (unpaired) electrons. The maximum atomic E-state index is 13.5. The smallest absolute Gasteiger partial charge is 0.414 e. The van der Waals surface area contributed by atoms with Crippen molar-refractivity contribution in [3.05, 3.63) is 90.1 Å². The molecule has 3 aromatic carbocycles. The van der Waals surface area contributed by atoms with Gasteiger partial charge in [-0.3, -0.25) is 9.69 Å². The zero-order chi connectivity index (χ0) is 24.4. The zero-order valence-electron chi connectivity index (χ0n) is 19.4. The highest BCUT2D eigenvalue weighted by Gasteiger charge is 2.24. The zero-order valence-corrected chi connectivity index (χ0v) is 19.4. The molecule has 0 atom stereocenters. The summed E-state index contributed by atoms with van der Waals surface area (Å²) in [5.74, 6) is 0.353. The number of aromatic nitrogens is 2. The molecule has 0 aliphatic carbocycles. The first-order chi connectivity index (χ1) is 17.0. The van der Waals surface area contributed by atoms with Crippen molar-refractivity contribution in [1.82, 2.24) is 9.78 Å². The first-order valence-corrected chi connectivity index (χ1v) is 11.2. The molecule has 2 heterocycles. The van der Waals surface area contributed by atoms with Crippen molar-refractivity contribution >= 4 is 23.4 Å². The van der Waals surface area contributed by atoms with Gasteiger partial charge in [-0.2, -0.15) is 5.10 Å². The normalized spacial score (nSPS) is 13.0. The number of amides is 2. The Hall–Kier alpha value is -4.59. The summed E-state index contributed by atoms with van der Waals surface area (Å²) in [5.41, 5.74) is 4.89. The second-order valence-electron chi connectivity index (χ2n) is 8.17. The van der Waals surface area contributed by atoms with Crippen molar-refractivity contribution in [1.29, 1.82) is 0 Å². The van der Waals surface area contributed by atoms with Crippen molar-refractivity contribution in [2.24, 2.45) is 0 Å². The number of hydrogen-bond donors (Lipinski definition) is 1. The predicted molar refractivity (Wildman–Crippen MR) is 133 cm³/mol. The average Bonchev–Trinajstić information content (AvgIpc) is 3.51. The van der Waals surface area contributed by atoms with E-state index in [9.17, 15) is 9.59 Å². The molecule has 4 aromatic rings. The number of carbonyl (C=O) groups excluding carboxylic acids is 2. The average molecular weight is 469 g/mol. The van der Waals surface area contributed by atoms with E-state index in [4.69, 9.17) is 14.6 Å². The van der Waals surface area contributed by atoms with Gasteiger partial charge >= 0.3 is 6.09 Å². The first kappa shape index (κ1) is 22.2. The number of nitrogens with zero attached hydrogens (tertiary/aromatic N) is 3. The Labute approximate surface area is 202 Å². The molecular weight excluding hydrogens is 444 g/mol. The van der Waals surface area contributed by atoms with Gasteiger partial charge in [0.05, 0.1) is 24.9 Å². The summed E-state index contributed by atoms with van der Waals surface area (Å²) in [5, 5.41) is 7.69. The van der Waals surface area contributed by atoms with E-state index < -0.39 is 6.09 Å². The molecule has 0 saturated carbocycles. The molecule has 1 aliphatic rings. The van der Waals surface area contributed by atoms with E-state index in [0.29, 0.717) is 41.5 Å². The van der Waals surface area contributed by atoms with Crippen LogP contribution in [0.2, 0.25) is 0 Å². The van der Waals surface area contributed by atoms with Gasteiger partial charge in [-0.15, -0.1) is 0 Å². The van der Waals surface area contributed by atoms with Gasteiger partial charge in [0, 0.05) is 23.1 Å². The Kier molecular flexibility index (Phi) is 5.93. The lowest BCUT2D eigenvalue weighted by atomic mass is 10.1. The van der Waals surface area contributed by atoms with Gasteiger partial charge in [-0.1, -0.05) is 35.9 Å². The summed E-state index contributed by atoms with van der Waals surface area (Å²) in [6, 6.07) is 22.5. The van der Waals surface area contributed by atoms with Gasteiger partial charge < -0.3 is 14.8 Å². The van der Waals surface area contributed by atoms with Crippen molar-refractivity contribution < 1.29 is 19.1 Å². The second kappa shape index (κ2) is 9.34. The molecule has 1 N–H and O–H groups in total. The third-order valence-corrected chi connectivity index (χ3v) is 5.78. The van der Waals surface area contributed by atoms with Crippen LogP contribution in [-0.2, 0) is 4.74 Å². The molecule has 1 aromatic heterocycles. The Morgan fingerprint density at radius 1 is 1.03 bits per heavy atom. The highest BCUT2D eigenvalue weighted by molar-refractivity contribution is 6.08. The van der Waals surface area contributed by atoms with Crippen LogP contribution < -0.4 is 15.0 Å². The number of nitrogens with one attached hydrogen (secondary N) is 1. The highest BCUT2D eigenvalue weighted by Crippen LogP contribution is 2.28. The van der Waals surface area contributed by atoms with Crippen LogP contribution in [0.5, 0.6) is 5.75 Å². The van der Waals surface area contributed by atoms with Crippen LogP contribution in [-0.4, -0.2) is 42.0 Å². The van der Waals surface area contributed by atoms with Gasteiger partial charge in [-0.05, 0) is 49.4 Å². The molecular formula is C27H24N4O4.